The lowest BCUT2D eigenvalue weighted by molar-refractivity contribution is -0.383. The zero-order valence-electron chi connectivity index (χ0n) is 25.5. The number of primary amides is 1. The van der Waals surface area contributed by atoms with E-state index in [1.54, 1.807) is 19.0 Å². The first-order valence-electron chi connectivity index (χ1n) is 14.1. The van der Waals surface area contributed by atoms with E-state index in [0.29, 0.717) is 11.3 Å². The number of anilines is 3. The van der Waals surface area contributed by atoms with Gasteiger partial charge in [0.25, 0.3) is 11.6 Å². The van der Waals surface area contributed by atoms with Gasteiger partial charge in [0.05, 0.1) is 22.2 Å². The number of aliphatic hydroxyl groups is 3. The summed E-state index contributed by atoms with van der Waals surface area (Å²) in [4.78, 5) is 66.3. The Morgan fingerprint density at radius 2 is 1.72 bits per heavy atom. The molecule has 0 aromatic heterocycles. The molecule has 8 N–H and O–H groups in total. The molecule has 16 nitrogen and oxygen atoms in total. The first-order chi connectivity index (χ1) is 21.9. The Kier molecular flexibility index (Phi) is 8.16. The number of urea groups is 1. The largest absolute Gasteiger partial charge is 0.508 e. The highest BCUT2D eigenvalue weighted by atomic mass is 35.5. The zero-order chi connectivity index (χ0) is 34.9. The third kappa shape index (κ3) is 5.10. The molecule has 1 saturated carbocycles. The van der Waals surface area contributed by atoms with E-state index < -0.39 is 80.4 Å². The third-order valence-electron chi connectivity index (χ3n) is 8.83. The number of aliphatic hydroxyl groups excluding tert-OH is 2. The quantitative estimate of drug-likeness (QED) is 0.101. The van der Waals surface area contributed by atoms with E-state index in [1.807, 2.05) is 0 Å². The van der Waals surface area contributed by atoms with Gasteiger partial charge in [-0.1, -0.05) is 11.6 Å². The van der Waals surface area contributed by atoms with Gasteiger partial charge in [0.2, 0.25) is 5.78 Å². The summed E-state index contributed by atoms with van der Waals surface area (Å²) in [7, 11) is 6.33. The van der Waals surface area contributed by atoms with Gasteiger partial charge in [0, 0.05) is 42.4 Å². The van der Waals surface area contributed by atoms with Gasteiger partial charge in [-0.25, -0.2) is 4.79 Å². The smallest absolute Gasteiger partial charge is 0.323 e. The predicted octanol–water partition coefficient (Wildman–Crippen LogP) is 2.24. The Morgan fingerprint density at radius 3 is 2.30 bits per heavy atom. The number of nitrogens with two attached hydrogens (primary N) is 1. The number of Topliss-reactive ketones (excluding diaryl/α,β-unsaturated/α-hetero) is 2. The minimum Gasteiger partial charge on any atom is -0.508 e. The summed E-state index contributed by atoms with van der Waals surface area (Å²) in [5.41, 5.74) is 0.851. The van der Waals surface area contributed by atoms with Gasteiger partial charge < -0.3 is 41.7 Å². The highest BCUT2D eigenvalue weighted by Gasteiger charge is 2.64. The van der Waals surface area contributed by atoms with Gasteiger partial charge in [-0.15, -0.1) is 0 Å². The zero-order valence-corrected chi connectivity index (χ0v) is 26.2. The SMILES string of the molecule is CN(C)c1cc(NC(=O)Nc2ccc(Cl)cc2[N+](=O)[O-])c(O)c2c1C[C@H]1C[C@H]3[C@H](N(C)C)C(=O)C(C(N)=O)=C(O)[C@@]3(O)C(=O)C1=C2O. The molecule has 2 aromatic carbocycles. The number of nitro groups is 1. The highest BCUT2D eigenvalue weighted by Crippen LogP contribution is 2.54. The summed E-state index contributed by atoms with van der Waals surface area (Å²) >= 11 is 5.85. The lowest BCUT2D eigenvalue weighted by Crippen LogP contribution is -2.65. The van der Waals surface area contributed by atoms with E-state index >= 15 is 0 Å². The van der Waals surface area contributed by atoms with Gasteiger partial charge in [0.1, 0.15) is 22.8 Å². The molecule has 47 heavy (non-hydrogen) atoms. The van der Waals surface area contributed by atoms with Crippen LogP contribution in [0.4, 0.5) is 27.5 Å². The normalized spacial score (nSPS) is 23.6. The Balaban J connectivity index is 1.62. The third-order valence-corrected chi connectivity index (χ3v) is 9.07. The molecule has 3 aliphatic carbocycles. The van der Waals surface area contributed by atoms with Crippen LogP contribution in [0.2, 0.25) is 5.02 Å². The fourth-order valence-electron chi connectivity index (χ4n) is 6.82. The Labute approximate surface area is 271 Å². The second kappa shape index (κ2) is 11.6. The van der Waals surface area contributed by atoms with E-state index in [2.05, 4.69) is 10.6 Å². The maximum atomic E-state index is 14.1. The van der Waals surface area contributed by atoms with Crippen molar-refractivity contribution in [3.8, 4) is 5.75 Å². The maximum absolute atomic E-state index is 14.1. The van der Waals surface area contributed by atoms with Crippen molar-refractivity contribution >= 4 is 63.6 Å². The average molecular weight is 671 g/mol. The minimum absolute atomic E-state index is 0.0268. The topological polar surface area (TPSA) is 249 Å². The van der Waals surface area contributed by atoms with Crippen LogP contribution in [0.25, 0.3) is 5.76 Å². The number of amides is 3. The molecule has 0 radical (unpaired) electrons. The number of phenols is 1. The molecule has 248 valence electrons. The Hall–Kier alpha value is -5.19. The summed E-state index contributed by atoms with van der Waals surface area (Å²) in [6.45, 7) is 0. The van der Waals surface area contributed by atoms with Crippen molar-refractivity contribution in [1.29, 1.82) is 0 Å². The standard InChI is InChI=1S/C30H31ClN6O10/c1-35(2)17-10-16(34-29(44)33-15-6-5-12(31)9-18(15)37(46)47)23(38)20-13(17)7-11-8-14-22(36(3)4)25(40)21(28(32)43)27(42)30(14,45)26(41)19(11)24(20)39/h5-6,9-11,14,22,38-39,42,45H,7-8H2,1-4H3,(H2,32,43)(H2,33,34,44)/t11-,14-,22-,30-/m0/s1. The van der Waals surface area contributed by atoms with Crippen LogP contribution < -0.4 is 21.3 Å². The number of hydrogen-bond donors (Lipinski definition) is 7. The molecule has 0 heterocycles. The molecule has 0 bridgehead atoms. The number of nitrogens with one attached hydrogen (secondary N) is 2. The number of aromatic hydroxyl groups is 1. The second-order valence-electron chi connectivity index (χ2n) is 12.0. The summed E-state index contributed by atoms with van der Waals surface area (Å²) in [5, 5.41) is 62.1. The number of halogens is 1. The van der Waals surface area contributed by atoms with E-state index in [9.17, 15) is 49.7 Å². The second-order valence-corrected chi connectivity index (χ2v) is 12.4. The van der Waals surface area contributed by atoms with Crippen LogP contribution in [0.1, 0.15) is 17.5 Å². The van der Waals surface area contributed by atoms with Crippen molar-refractivity contribution in [3.63, 3.8) is 0 Å². The van der Waals surface area contributed by atoms with Gasteiger partial charge in [-0.2, -0.15) is 0 Å². The van der Waals surface area contributed by atoms with Crippen molar-refractivity contribution < 1.29 is 44.5 Å². The summed E-state index contributed by atoms with van der Waals surface area (Å²) in [6.07, 6.45) is -0.0687. The van der Waals surface area contributed by atoms with E-state index in [1.165, 1.54) is 37.2 Å². The lowest BCUT2D eigenvalue weighted by Gasteiger charge is -2.50. The van der Waals surface area contributed by atoms with Crippen LogP contribution in [0.5, 0.6) is 5.75 Å². The molecule has 3 amide bonds. The van der Waals surface area contributed by atoms with E-state index in [4.69, 9.17) is 17.3 Å². The number of benzene rings is 2. The number of ketones is 2. The Bertz CT molecular complexity index is 1850. The fourth-order valence-corrected chi connectivity index (χ4v) is 6.99. The van der Waals surface area contributed by atoms with Crippen LogP contribution >= 0.6 is 11.6 Å². The average Bonchev–Trinajstić information content (AvgIpc) is 2.96. The number of rotatable bonds is 6. The molecular formula is C30H31ClN6O10. The molecule has 5 rings (SSSR count). The highest BCUT2D eigenvalue weighted by molar-refractivity contribution is 6.31. The van der Waals surface area contributed by atoms with Crippen molar-refractivity contribution in [3.05, 3.63) is 67.4 Å². The molecule has 0 unspecified atom stereocenters. The first kappa shape index (κ1) is 33.2. The van der Waals surface area contributed by atoms with Crippen molar-refractivity contribution in [2.24, 2.45) is 17.6 Å². The molecule has 17 heteroatoms. The molecule has 1 fully saturated rings. The predicted molar refractivity (Wildman–Crippen MR) is 169 cm³/mol. The number of likely N-dealkylation sites (N-methyl/N-ethyl adjacent to an activating group) is 1. The van der Waals surface area contributed by atoms with Crippen LogP contribution in [0.3, 0.4) is 0 Å². The molecule has 0 aliphatic heterocycles. The number of carbonyl (C=O) groups excluding carboxylic acids is 4. The number of nitrogens with zero attached hydrogens (tertiary/aromatic N) is 3. The summed E-state index contributed by atoms with van der Waals surface area (Å²) < 4.78 is 0. The maximum Gasteiger partial charge on any atom is 0.323 e. The number of hydrogen-bond acceptors (Lipinski definition) is 12. The van der Waals surface area contributed by atoms with E-state index in [-0.39, 0.29) is 40.4 Å². The fraction of sp³-hybridized carbons (Fsp3) is 0.333. The molecular weight excluding hydrogens is 640 g/mol. The van der Waals surface area contributed by atoms with Crippen molar-refractivity contribution in [2.45, 2.75) is 24.5 Å². The monoisotopic (exact) mass is 670 g/mol. The molecule has 0 spiro atoms. The molecule has 2 aromatic rings. The molecule has 4 atom stereocenters. The van der Waals surface area contributed by atoms with Gasteiger partial charge >= 0.3 is 6.03 Å². The van der Waals surface area contributed by atoms with Gasteiger partial charge in [-0.3, -0.25) is 29.4 Å². The number of nitro benzene ring substituents is 1. The minimum atomic E-state index is -2.81. The van der Waals surface area contributed by atoms with Crippen LogP contribution in [-0.2, 0) is 20.8 Å². The van der Waals surface area contributed by atoms with Gasteiger partial charge in [0.15, 0.2) is 17.1 Å². The number of fused-ring (bicyclic) bond motifs is 3. The Morgan fingerprint density at radius 1 is 1.09 bits per heavy atom. The van der Waals surface area contributed by atoms with Crippen molar-refractivity contribution in [2.75, 3.05) is 43.7 Å². The van der Waals surface area contributed by atoms with Crippen LogP contribution in [0.15, 0.2) is 41.2 Å². The molecule has 0 saturated heterocycles. The van der Waals surface area contributed by atoms with Crippen LogP contribution in [-0.4, -0.2) is 93.6 Å². The summed E-state index contributed by atoms with van der Waals surface area (Å²) in [5.74, 6) is -8.06. The summed E-state index contributed by atoms with van der Waals surface area (Å²) in [6, 6.07) is 2.76. The first-order valence-corrected chi connectivity index (χ1v) is 14.5. The van der Waals surface area contributed by atoms with Crippen molar-refractivity contribution in [1.82, 2.24) is 4.90 Å². The van der Waals surface area contributed by atoms with Crippen LogP contribution in [0, 0.1) is 22.0 Å². The van der Waals surface area contributed by atoms with Gasteiger partial charge in [-0.05, 0) is 56.6 Å². The lowest BCUT2D eigenvalue weighted by atomic mass is 9.57. The van der Waals surface area contributed by atoms with E-state index in [0.717, 1.165) is 6.07 Å². The number of carbonyl (C=O) groups is 4. The number of phenolic OH excluding ortho intramolecular Hbond substituents is 1. The molecule has 3 aliphatic rings.